The van der Waals surface area contributed by atoms with E-state index in [0.29, 0.717) is 0 Å². The zero-order valence-corrected chi connectivity index (χ0v) is 10.4. The summed E-state index contributed by atoms with van der Waals surface area (Å²) in [7, 11) is 2.01. The molecule has 2 aromatic rings. The summed E-state index contributed by atoms with van der Waals surface area (Å²) < 4.78 is 0. The number of benzene rings is 1. The predicted octanol–water partition coefficient (Wildman–Crippen LogP) is 2.20. The van der Waals surface area contributed by atoms with Gasteiger partial charge in [-0.15, -0.1) is 0 Å². The van der Waals surface area contributed by atoms with E-state index in [-0.39, 0.29) is 11.9 Å². The molecule has 0 bridgehead atoms. The summed E-state index contributed by atoms with van der Waals surface area (Å²) in [6.45, 7) is 1.00. The van der Waals surface area contributed by atoms with E-state index in [0.717, 1.165) is 36.0 Å². The smallest absolute Gasteiger partial charge is 0.241 e. The van der Waals surface area contributed by atoms with Crippen molar-refractivity contribution in [1.29, 1.82) is 0 Å². The quantitative estimate of drug-likeness (QED) is 0.849. The number of anilines is 1. The van der Waals surface area contributed by atoms with Crippen molar-refractivity contribution in [3.63, 3.8) is 0 Å². The Bertz CT molecular complexity index is 575. The zero-order chi connectivity index (χ0) is 12.5. The second kappa shape index (κ2) is 4.46. The second-order valence-electron chi connectivity index (χ2n) is 4.88. The van der Waals surface area contributed by atoms with Crippen molar-refractivity contribution in [3.8, 4) is 0 Å². The minimum absolute atomic E-state index is 0.00946. The molecule has 1 amide bonds. The number of rotatable bonds is 2. The molecule has 0 radical (unpaired) electrons. The Morgan fingerprint density at radius 2 is 2.33 bits per heavy atom. The van der Waals surface area contributed by atoms with Crippen LogP contribution in [0, 0.1) is 0 Å². The molecule has 4 nitrogen and oxygen atoms in total. The third-order valence-electron chi connectivity index (χ3n) is 3.67. The Kier molecular flexibility index (Phi) is 2.80. The molecule has 2 heterocycles. The fourth-order valence-corrected chi connectivity index (χ4v) is 2.65. The van der Waals surface area contributed by atoms with Crippen molar-refractivity contribution in [2.24, 2.45) is 0 Å². The fourth-order valence-electron chi connectivity index (χ4n) is 2.65. The molecule has 0 saturated carbocycles. The number of hydrogen-bond donors (Lipinski definition) is 2. The maximum atomic E-state index is 12.2. The molecule has 1 atom stereocenters. The molecule has 1 aliphatic heterocycles. The minimum atomic E-state index is 0.00946. The van der Waals surface area contributed by atoms with Crippen molar-refractivity contribution in [1.82, 2.24) is 9.88 Å². The van der Waals surface area contributed by atoms with Gasteiger partial charge in [-0.1, -0.05) is 12.1 Å². The van der Waals surface area contributed by atoms with Gasteiger partial charge in [-0.05, 0) is 38.6 Å². The van der Waals surface area contributed by atoms with Crippen molar-refractivity contribution in [3.05, 3.63) is 30.5 Å². The number of carbonyl (C=O) groups excluding carboxylic acids is 1. The lowest BCUT2D eigenvalue weighted by Gasteiger charge is -2.18. The summed E-state index contributed by atoms with van der Waals surface area (Å²) in [5.74, 6) is 0.0945. The minimum Gasteiger partial charge on any atom is -0.359 e. The number of fused-ring (bicyclic) bond motifs is 1. The van der Waals surface area contributed by atoms with Crippen LogP contribution < -0.4 is 5.32 Å². The van der Waals surface area contributed by atoms with Gasteiger partial charge in [0.25, 0.3) is 0 Å². The molecule has 0 unspecified atom stereocenters. The average molecular weight is 243 g/mol. The normalized spacial score (nSPS) is 20.4. The van der Waals surface area contributed by atoms with Gasteiger partial charge in [-0.2, -0.15) is 0 Å². The van der Waals surface area contributed by atoms with Crippen LogP contribution in [-0.4, -0.2) is 35.4 Å². The van der Waals surface area contributed by atoms with Crippen molar-refractivity contribution >= 4 is 22.5 Å². The van der Waals surface area contributed by atoms with Gasteiger partial charge in [0.1, 0.15) is 0 Å². The van der Waals surface area contributed by atoms with Gasteiger partial charge in [-0.3, -0.25) is 9.69 Å². The molecular formula is C14H17N3O. The Morgan fingerprint density at radius 1 is 1.44 bits per heavy atom. The van der Waals surface area contributed by atoms with Gasteiger partial charge in [-0.25, -0.2) is 0 Å². The first-order valence-corrected chi connectivity index (χ1v) is 6.33. The molecule has 2 N–H and O–H groups in total. The number of nitrogens with zero attached hydrogens (tertiary/aromatic N) is 1. The lowest BCUT2D eigenvalue weighted by molar-refractivity contribution is -0.119. The van der Waals surface area contributed by atoms with E-state index in [1.807, 2.05) is 37.5 Å². The van der Waals surface area contributed by atoms with Gasteiger partial charge in [0.2, 0.25) is 5.91 Å². The monoisotopic (exact) mass is 243 g/mol. The topological polar surface area (TPSA) is 48.1 Å². The fraction of sp³-hybridized carbons (Fsp3) is 0.357. The summed E-state index contributed by atoms with van der Waals surface area (Å²) in [4.78, 5) is 17.5. The van der Waals surface area contributed by atoms with Crippen LogP contribution >= 0.6 is 0 Å². The largest absolute Gasteiger partial charge is 0.359 e. The molecule has 94 valence electrons. The van der Waals surface area contributed by atoms with E-state index >= 15 is 0 Å². The zero-order valence-electron chi connectivity index (χ0n) is 10.4. The first kappa shape index (κ1) is 11.3. The highest BCUT2D eigenvalue weighted by molar-refractivity contribution is 6.02. The van der Waals surface area contributed by atoms with Crippen molar-refractivity contribution in [2.75, 3.05) is 18.9 Å². The van der Waals surface area contributed by atoms with E-state index in [1.54, 1.807) is 0 Å². The van der Waals surface area contributed by atoms with Gasteiger partial charge in [0.05, 0.1) is 17.2 Å². The molecule has 1 aromatic carbocycles. The van der Waals surface area contributed by atoms with E-state index in [2.05, 4.69) is 15.2 Å². The molecule has 0 aliphatic carbocycles. The Morgan fingerprint density at radius 3 is 3.11 bits per heavy atom. The van der Waals surface area contributed by atoms with Gasteiger partial charge < -0.3 is 10.3 Å². The van der Waals surface area contributed by atoms with Crippen LogP contribution in [0.15, 0.2) is 30.5 Å². The highest BCUT2D eigenvalue weighted by atomic mass is 16.2. The van der Waals surface area contributed by atoms with Crippen LogP contribution in [0.1, 0.15) is 12.8 Å². The molecule has 1 saturated heterocycles. The number of H-pyrrole nitrogens is 1. The van der Waals surface area contributed by atoms with E-state index in [4.69, 9.17) is 0 Å². The number of aromatic amines is 1. The molecule has 18 heavy (non-hydrogen) atoms. The summed E-state index contributed by atoms with van der Waals surface area (Å²) >= 11 is 0. The molecule has 1 aromatic heterocycles. The van der Waals surface area contributed by atoms with Crippen LogP contribution in [0.25, 0.3) is 10.9 Å². The molecule has 0 spiro atoms. The lowest BCUT2D eigenvalue weighted by Crippen LogP contribution is -2.37. The SMILES string of the molecule is CN1CCC[C@H]1C(=O)Nc1cccc2cc[nH]c12. The van der Waals surface area contributed by atoms with Crippen LogP contribution in [-0.2, 0) is 4.79 Å². The standard InChI is InChI=1S/C14H17N3O/c1-17-9-3-6-12(17)14(18)16-11-5-2-4-10-7-8-15-13(10)11/h2,4-5,7-8,12,15H,3,6,9H2,1H3,(H,16,18)/t12-/m0/s1. The van der Waals surface area contributed by atoms with Crippen molar-refractivity contribution in [2.45, 2.75) is 18.9 Å². The molecule has 1 fully saturated rings. The number of aromatic nitrogens is 1. The van der Waals surface area contributed by atoms with Gasteiger partial charge in [0, 0.05) is 11.6 Å². The molecule has 3 rings (SSSR count). The highest BCUT2D eigenvalue weighted by Gasteiger charge is 2.27. The molecule has 1 aliphatic rings. The van der Waals surface area contributed by atoms with E-state index in [9.17, 15) is 4.79 Å². The number of likely N-dealkylation sites (N-methyl/N-ethyl adjacent to an activating group) is 1. The van der Waals surface area contributed by atoms with E-state index in [1.165, 1.54) is 0 Å². The summed E-state index contributed by atoms with van der Waals surface area (Å²) in [5, 5.41) is 4.15. The molecular weight excluding hydrogens is 226 g/mol. The Hall–Kier alpha value is -1.81. The third kappa shape index (κ3) is 1.88. The van der Waals surface area contributed by atoms with Gasteiger partial charge >= 0.3 is 0 Å². The maximum Gasteiger partial charge on any atom is 0.241 e. The number of likely N-dealkylation sites (tertiary alicyclic amines) is 1. The summed E-state index contributed by atoms with van der Waals surface area (Å²) in [5.41, 5.74) is 1.86. The van der Waals surface area contributed by atoms with Crippen LogP contribution in [0.2, 0.25) is 0 Å². The third-order valence-corrected chi connectivity index (χ3v) is 3.67. The second-order valence-corrected chi connectivity index (χ2v) is 4.88. The van der Waals surface area contributed by atoms with Crippen molar-refractivity contribution < 1.29 is 4.79 Å². The highest BCUT2D eigenvalue weighted by Crippen LogP contribution is 2.23. The summed E-state index contributed by atoms with van der Waals surface area (Å²) in [6, 6.07) is 7.95. The first-order valence-electron chi connectivity index (χ1n) is 6.33. The predicted molar refractivity (Wildman–Crippen MR) is 72.6 cm³/mol. The van der Waals surface area contributed by atoms with Gasteiger partial charge in [0.15, 0.2) is 0 Å². The number of hydrogen-bond acceptors (Lipinski definition) is 2. The van der Waals surface area contributed by atoms with E-state index < -0.39 is 0 Å². The van der Waals surface area contributed by atoms with Crippen LogP contribution in [0.4, 0.5) is 5.69 Å². The number of nitrogens with one attached hydrogen (secondary N) is 2. The lowest BCUT2D eigenvalue weighted by atomic mass is 10.2. The first-order chi connectivity index (χ1) is 8.75. The number of carbonyl (C=O) groups is 1. The molecule has 4 heteroatoms. The number of amides is 1. The van der Waals surface area contributed by atoms with Crippen LogP contribution in [0.3, 0.4) is 0 Å². The Labute approximate surface area is 106 Å². The summed E-state index contributed by atoms with van der Waals surface area (Å²) in [6.07, 6.45) is 3.94. The Balaban J connectivity index is 1.84. The average Bonchev–Trinajstić information content (AvgIpc) is 2.97. The number of para-hydroxylation sites is 1. The maximum absolute atomic E-state index is 12.2. The van der Waals surface area contributed by atoms with Crippen LogP contribution in [0.5, 0.6) is 0 Å².